The van der Waals surface area contributed by atoms with Crippen LogP contribution in [0.5, 0.6) is 0 Å². The van der Waals surface area contributed by atoms with Crippen LogP contribution in [0, 0.1) is 12.8 Å². The van der Waals surface area contributed by atoms with E-state index in [-0.39, 0.29) is 6.61 Å². The molecule has 2 rings (SSSR count). The molecule has 0 aromatic carbocycles. The van der Waals surface area contributed by atoms with Gasteiger partial charge in [0.1, 0.15) is 0 Å². The van der Waals surface area contributed by atoms with E-state index in [1.807, 2.05) is 18.7 Å². The maximum atomic E-state index is 9.39. The summed E-state index contributed by atoms with van der Waals surface area (Å²) in [6.45, 7) is 2.05. The van der Waals surface area contributed by atoms with Gasteiger partial charge >= 0.3 is 0 Å². The lowest BCUT2D eigenvalue weighted by molar-refractivity contribution is 0.194. The highest BCUT2D eigenvalue weighted by Gasteiger charge is 2.41. The first-order valence-corrected chi connectivity index (χ1v) is 6.57. The van der Waals surface area contributed by atoms with E-state index in [2.05, 4.69) is 11.2 Å². The molecule has 0 aliphatic heterocycles. The number of rotatable bonds is 5. The van der Waals surface area contributed by atoms with Gasteiger partial charge in [-0.25, -0.2) is 0 Å². The summed E-state index contributed by atoms with van der Waals surface area (Å²) in [6.07, 6.45) is 2.31. The van der Waals surface area contributed by atoms with E-state index in [1.165, 1.54) is 0 Å². The normalized spacial score (nSPS) is 19.8. The Balaban J connectivity index is 1.98. The van der Waals surface area contributed by atoms with Crippen molar-refractivity contribution in [2.24, 2.45) is 18.7 Å². The molecular formula is C11H19N3OS. The first kappa shape index (κ1) is 12.0. The molecule has 1 fully saturated rings. The van der Waals surface area contributed by atoms with E-state index in [1.54, 1.807) is 11.8 Å². The monoisotopic (exact) mass is 241 g/mol. The highest BCUT2D eigenvalue weighted by molar-refractivity contribution is 7.99. The van der Waals surface area contributed by atoms with Crippen molar-refractivity contribution in [3.8, 4) is 0 Å². The fourth-order valence-electron chi connectivity index (χ4n) is 1.88. The van der Waals surface area contributed by atoms with Gasteiger partial charge in [-0.15, -0.1) is 11.8 Å². The largest absolute Gasteiger partial charge is 0.394 e. The predicted molar refractivity (Wildman–Crippen MR) is 65.4 cm³/mol. The standard InChI is InChI=1S/C11H19N3OS/c1-8-5-10(14(2)13-8)16-7-11(12,6-15)9-3-4-9/h5,9,15H,3-4,6-7,12H2,1-2H3. The third kappa shape index (κ3) is 2.42. The molecule has 1 heterocycles. The molecule has 0 bridgehead atoms. The minimum atomic E-state index is -0.414. The molecular weight excluding hydrogens is 222 g/mol. The van der Waals surface area contributed by atoms with Gasteiger partial charge in [0.15, 0.2) is 0 Å². The second kappa shape index (κ2) is 4.39. The minimum Gasteiger partial charge on any atom is -0.394 e. The van der Waals surface area contributed by atoms with Crippen LogP contribution in [-0.2, 0) is 7.05 Å². The van der Waals surface area contributed by atoms with Crippen LogP contribution in [0.2, 0.25) is 0 Å². The number of hydrogen-bond donors (Lipinski definition) is 2. The Hall–Kier alpha value is -0.520. The second-order valence-electron chi connectivity index (χ2n) is 4.70. The average molecular weight is 241 g/mol. The summed E-state index contributed by atoms with van der Waals surface area (Å²) in [4.78, 5) is 0. The SMILES string of the molecule is Cc1cc(SCC(N)(CO)C2CC2)n(C)n1. The van der Waals surface area contributed by atoms with Crippen LogP contribution in [0.15, 0.2) is 11.1 Å². The Morgan fingerprint density at radius 3 is 2.81 bits per heavy atom. The highest BCUT2D eigenvalue weighted by atomic mass is 32.2. The van der Waals surface area contributed by atoms with Crippen molar-refractivity contribution in [2.45, 2.75) is 30.3 Å². The van der Waals surface area contributed by atoms with Crippen molar-refractivity contribution in [1.82, 2.24) is 9.78 Å². The quantitative estimate of drug-likeness (QED) is 0.752. The number of aliphatic hydroxyl groups excluding tert-OH is 1. The smallest absolute Gasteiger partial charge is 0.0939 e. The molecule has 5 heteroatoms. The van der Waals surface area contributed by atoms with Gasteiger partial charge in [-0.1, -0.05) is 0 Å². The van der Waals surface area contributed by atoms with Gasteiger partial charge < -0.3 is 10.8 Å². The number of hydrogen-bond acceptors (Lipinski definition) is 4. The molecule has 1 aliphatic carbocycles. The van der Waals surface area contributed by atoms with Crippen molar-refractivity contribution < 1.29 is 5.11 Å². The van der Waals surface area contributed by atoms with E-state index in [4.69, 9.17) is 5.73 Å². The summed E-state index contributed by atoms with van der Waals surface area (Å²) in [5, 5.41) is 14.8. The maximum Gasteiger partial charge on any atom is 0.0939 e. The van der Waals surface area contributed by atoms with Gasteiger partial charge in [0.05, 0.1) is 22.9 Å². The van der Waals surface area contributed by atoms with Crippen LogP contribution >= 0.6 is 11.8 Å². The summed E-state index contributed by atoms with van der Waals surface area (Å²) >= 11 is 1.68. The molecule has 16 heavy (non-hydrogen) atoms. The van der Waals surface area contributed by atoms with Gasteiger partial charge in [0.25, 0.3) is 0 Å². The number of nitrogens with two attached hydrogens (primary N) is 1. The van der Waals surface area contributed by atoms with Crippen molar-refractivity contribution in [3.05, 3.63) is 11.8 Å². The van der Waals surface area contributed by atoms with Crippen molar-refractivity contribution >= 4 is 11.8 Å². The summed E-state index contributed by atoms with van der Waals surface area (Å²) < 4.78 is 1.87. The topological polar surface area (TPSA) is 64.1 Å². The molecule has 0 amide bonds. The first-order valence-electron chi connectivity index (χ1n) is 5.58. The Morgan fingerprint density at radius 2 is 2.38 bits per heavy atom. The van der Waals surface area contributed by atoms with Crippen LogP contribution in [0.3, 0.4) is 0 Å². The summed E-state index contributed by atoms with van der Waals surface area (Å²) in [7, 11) is 1.93. The van der Waals surface area contributed by atoms with Crippen molar-refractivity contribution in [1.29, 1.82) is 0 Å². The molecule has 1 aromatic rings. The van der Waals surface area contributed by atoms with Crippen LogP contribution in [-0.4, -0.2) is 32.8 Å². The van der Waals surface area contributed by atoms with Gasteiger partial charge in [0.2, 0.25) is 0 Å². The van der Waals surface area contributed by atoms with Crippen LogP contribution < -0.4 is 5.73 Å². The molecule has 0 radical (unpaired) electrons. The Labute approximate surface area is 100 Å². The first-order chi connectivity index (χ1) is 7.55. The van der Waals surface area contributed by atoms with E-state index < -0.39 is 5.54 Å². The molecule has 1 aromatic heterocycles. The summed E-state index contributed by atoms with van der Waals surface area (Å²) in [6, 6.07) is 2.05. The molecule has 1 unspecified atom stereocenters. The second-order valence-corrected chi connectivity index (χ2v) is 5.70. The predicted octanol–water partition coefficient (Wildman–Crippen LogP) is 0.920. The molecule has 4 nitrogen and oxygen atoms in total. The number of aromatic nitrogens is 2. The molecule has 0 spiro atoms. The summed E-state index contributed by atoms with van der Waals surface area (Å²) in [5.41, 5.74) is 6.81. The lowest BCUT2D eigenvalue weighted by Crippen LogP contribution is -2.48. The Bertz CT molecular complexity index is 375. The maximum absolute atomic E-state index is 9.39. The fraction of sp³-hybridized carbons (Fsp3) is 0.727. The van der Waals surface area contributed by atoms with Gasteiger partial charge in [-0.2, -0.15) is 5.10 Å². The van der Waals surface area contributed by atoms with E-state index >= 15 is 0 Å². The number of nitrogens with zero attached hydrogens (tertiary/aromatic N) is 2. The van der Waals surface area contributed by atoms with Crippen molar-refractivity contribution in [2.75, 3.05) is 12.4 Å². The lowest BCUT2D eigenvalue weighted by atomic mass is 9.99. The van der Waals surface area contributed by atoms with Gasteiger partial charge in [-0.3, -0.25) is 4.68 Å². The molecule has 0 saturated heterocycles. The number of thioether (sulfide) groups is 1. The fourth-order valence-corrected chi connectivity index (χ4v) is 3.11. The van der Waals surface area contributed by atoms with Gasteiger partial charge in [-0.05, 0) is 31.7 Å². The minimum absolute atomic E-state index is 0.0709. The van der Waals surface area contributed by atoms with E-state index in [9.17, 15) is 5.11 Å². The van der Waals surface area contributed by atoms with E-state index in [0.29, 0.717) is 5.92 Å². The number of aliphatic hydroxyl groups is 1. The van der Waals surface area contributed by atoms with Crippen LogP contribution in [0.1, 0.15) is 18.5 Å². The Kier molecular flexibility index (Phi) is 3.28. The van der Waals surface area contributed by atoms with E-state index in [0.717, 1.165) is 29.3 Å². The molecule has 1 atom stereocenters. The molecule has 1 aliphatic rings. The third-order valence-corrected chi connectivity index (χ3v) is 4.49. The third-order valence-electron chi connectivity index (χ3n) is 3.13. The van der Waals surface area contributed by atoms with Crippen molar-refractivity contribution in [3.63, 3.8) is 0 Å². The van der Waals surface area contributed by atoms with Crippen LogP contribution in [0.4, 0.5) is 0 Å². The molecule has 3 N–H and O–H groups in total. The number of aryl methyl sites for hydroxylation is 2. The Morgan fingerprint density at radius 1 is 1.69 bits per heavy atom. The molecule has 1 saturated carbocycles. The molecule has 90 valence electrons. The average Bonchev–Trinajstić information content (AvgIpc) is 3.03. The van der Waals surface area contributed by atoms with Crippen LogP contribution in [0.25, 0.3) is 0 Å². The lowest BCUT2D eigenvalue weighted by Gasteiger charge is -2.26. The zero-order chi connectivity index (χ0) is 11.8. The van der Waals surface area contributed by atoms with Gasteiger partial charge in [0, 0.05) is 12.8 Å². The highest BCUT2D eigenvalue weighted by Crippen LogP contribution is 2.40. The zero-order valence-corrected chi connectivity index (χ0v) is 10.6. The zero-order valence-electron chi connectivity index (χ0n) is 9.81. The summed E-state index contributed by atoms with van der Waals surface area (Å²) in [5.74, 6) is 1.26.